The van der Waals surface area contributed by atoms with Crippen molar-refractivity contribution in [2.24, 2.45) is 0 Å². The zero-order valence-electron chi connectivity index (χ0n) is 36.8. The van der Waals surface area contributed by atoms with Crippen LogP contribution in [0.5, 0.6) is 0 Å². The van der Waals surface area contributed by atoms with Crippen LogP contribution in [0.15, 0.2) is 85.5 Å². The van der Waals surface area contributed by atoms with Gasteiger partial charge in [0.2, 0.25) is 17.7 Å². The second-order valence-corrected chi connectivity index (χ2v) is 16.0. The Morgan fingerprint density at radius 2 is 1.54 bits per heavy atom. The van der Waals surface area contributed by atoms with Gasteiger partial charge in [-0.1, -0.05) is 18.2 Å². The molecule has 8 rings (SSSR count). The summed E-state index contributed by atoms with van der Waals surface area (Å²) in [5.74, 6) is -1.42. The van der Waals surface area contributed by atoms with Crippen LogP contribution < -0.4 is 16.0 Å². The number of hydrogen-bond acceptors (Lipinski definition) is 14. The minimum atomic E-state index is -1.03. The van der Waals surface area contributed by atoms with E-state index in [-0.39, 0.29) is 60.4 Å². The number of carbonyl (C=O) groups is 6. The number of piperidine rings is 2. The van der Waals surface area contributed by atoms with E-state index in [9.17, 15) is 28.8 Å². The molecule has 0 aliphatic carbocycles. The lowest BCUT2D eigenvalue weighted by Crippen LogP contribution is -2.54. The molecule has 67 heavy (non-hydrogen) atoms. The van der Waals surface area contributed by atoms with E-state index in [0.29, 0.717) is 102 Å². The van der Waals surface area contributed by atoms with E-state index < -0.39 is 29.7 Å². The summed E-state index contributed by atoms with van der Waals surface area (Å²) in [6.07, 6.45) is 8.86. The first-order valence-electron chi connectivity index (χ1n) is 22.3. The molecule has 0 radical (unpaired) electrons. The van der Waals surface area contributed by atoms with Crippen molar-refractivity contribution in [3.05, 3.63) is 108 Å². The number of nitrogens with one attached hydrogen (secondary N) is 4. The summed E-state index contributed by atoms with van der Waals surface area (Å²) in [5.41, 5.74) is 3.55. The van der Waals surface area contributed by atoms with Crippen LogP contribution >= 0.6 is 0 Å². The highest BCUT2D eigenvalue weighted by molar-refractivity contribution is 6.25. The minimum Gasteiger partial charge on any atom is -0.382 e. The quantitative estimate of drug-likeness (QED) is 0.0574. The Morgan fingerprint density at radius 3 is 2.25 bits per heavy atom. The maximum atomic E-state index is 13.6. The molecule has 0 spiro atoms. The summed E-state index contributed by atoms with van der Waals surface area (Å²) in [7, 11) is 0. The third-order valence-corrected chi connectivity index (χ3v) is 11.7. The van der Waals surface area contributed by atoms with Crippen molar-refractivity contribution in [3.8, 4) is 17.1 Å². The van der Waals surface area contributed by atoms with Crippen LogP contribution in [0.4, 0.5) is 11.5 Å². The molecule has 1 atom stereocenters. The van der Waals surface area contributed by atoms with Gasteiger partial charge in [-0.3, -0.25) is 39.0 Å². The van der Waals surface area contributed by atoms with Crippen molar-refractivity contribution in [1.29, 1.82) is 0 Å². The molecule has 2 fully saturated rings. The number of likely N-dealkylation sites (tertiary alicyclic amines) is 1. The molecule has 1 unspecified atom stereocenters. The third-order valence-electron chi connectivity index (χ3n) is 11.7. The molecule has 0 bridgehead atoms. The first-order valence-corrected chi connectivity index (χ1v) is 22.3. The molecule has 0 saturated carbocycles. The van der Waals surface area contributed by atoms with Crippen LogP contribution in [0.1, 0.15) is 74.8 Å². The second kappa shape index (κ2) is 22.4. The fourth-order valence-electron chi connectivity index (χ4n) is 8.25. The van der Waals surface area contributed by atoms with Crippen LogP contribution in [0.2, 0.25) is 0 Å². The molecule has 5 aromatic rings. The predicted molar refractivity (Wildman–Crippen MR) is 241 cm³/mol. The van der Waals surface area contributed by atoms with E-state index in [0.717, 1.165) is 16.0 Å². The Morgan fingerprint density at radius 1 is 0.791 bits per heavy atom. The lowest BCUT2D eigenvalue weighted by atomic mass is 9.90. The van der Waals surface area contributed by atoms with Gasteiger partial charge in [-0.15, -0.1) is 0 Å². The maximum absolute atomic E-state index is 13.6. The van der Waals surface area contributed by atoms with Crippen LogP contribution in [0, 0.1) is 0 Å². The van der Waals surface area contributed by atoms with Crippen LogP contribution in [0.3, 0.4) is 0 Å². The van der Waals surface area contributed by atoms with Crippen molar-refractivity contribution < 1.29 is 47.7 Å². The van der Waals surface area contributed by atoms with Gasteiger partial charge in [0.05, 0.1) is 82.3 Å². The Bertz CT molecular complexity index is 2540. The average Bonchev–Trinajstić information content (AvgIpc) is 4.10. The van der Waals surface area contributed by atoms with Gasteiger partial charge in [0.25, 0.3) is 17.7 Å². The Labute approximate surface area is 385 Å². The summed E-state index contributed by atoms with van der Waals surface area (Å²) in [4.78, 5) is 91.8. The van der Waals surface area contributed by atoms with Gasteiger partial charge in [0.15, 0.2) is 5.82 Å². The van der Waals surface area contributed by atoms with Crippen LogP contribution in [-0.4, -0.2) is 149 Å². The van der Waals surface area contributed by atoms with E-state index >= 15 is 0 Å². The molecular formula is C47H52N10O10. The van der Waals surface area contributed by atoms with Gasteiger partial charge >= 0.3 is 0 Å². The summed E-state index contributed by atoms with van der Waals surface area (Å²) in [6.45, 7) is 4.18. The summed E-state index contributed by atoms with van der Waals surface area (Å²) < 4.78 is 24.1. The predicted octanol–water partition coefficient (Wildman–Crippen LogP) is 3.59. The highest BCUT2D eigenvalue weighted by Crippen LogP contribution is 2.35. The minimum absolute atomic E-state index is 0.0189. The molecule has 1 aromatic carbocycles. The Hall–Kier alpha value is -7.13. The number of rotatable bonds is 22. The number of fused-ring (bicyclic) bond motifs is 1. The monoisotopic (exact) mass is 916 g/mol. The first kappa shape index (κ1) is 46.4. The SMILES string of the molecule is O=C1CCC(N2C(=O)c3cccc(NCCOCCOCCOCCOCCC(=O)N4CCC(c5cnn(-c6ccccn6)c5NC(=O)c5cccc(-c6cc[nH]c6)n5)CC4)c3C2=O)C(=O)N1. The summed E-state index contributed by atoms with van der Waals surface area (Å²) >= 11 is 0. The van der Waals surface area contributed by atoms with Crippen LogP contribution in [0.25, 0.3) is 17.1 Å². The lowest BCUT2D eigenvalue weighted by Gasteiger charge is -2.32. The number of benzene rings is 1. The second-order valence-electron chi connectivity index (χ2n) is 16.0. The van der Waals surface area contributed by atoms with E-state index in [1.165, 1.54) is 0 Å². The lowest BCUT2D eigenvalue weighted by molar-refractivity contribution is -0.136. The highest BCUT2D eigenvalue weighted by Gasteiger charge is 2.45. The largest absolute Gasteiger partial charge is 0.382 e. The van der Waals surface area contributed by atoms with E-state index in [1.807, 2.05) is 41.4 Å². The van der Waals surface area contributed by atoms with Crippen molar-refractivity contribution in [2.45, 2.75) is 44.1 Å². The number of anilines is 2. The Balaban J connectivity index is 0.677. The van der Waals surface area contributed by atoms with Gasteiger partial charge in [-0.05, 0) is 67.6 Å². The number of nitrogens with zero attached hydrogens (tertiary/aromatic N) is 6. The zero-order chi connectivity index (χ0) is 46.5. The summed E-state index contributed by atoms with van der Waals surface area (Å²) in [5, 5.41) is 13.0. The normalized spacial score (nSPS) is 16.3. The topological polar surface area (TPSA) is 241 Å². The van der Waals surface area contributed by atoms with Crippen molar-refractivity contribution in [3.63, 3.8) is 0 Å². The van der Waals surface area contributed by atoms with E-state index in [4.69, 9.17) is 18.9 Å². The molecular weight excluding hydrogens is 865 g/mol. The molecule has 20 heteroatoms. The molecule has 7 heterocycles. The highest BCUT2D eigenvalue weighted by atomic mass is 16.6. The number of pyridine rings is 2. The number of hydrogen-bond donors (Lipinski definition) is 4. The van der Waals surface area contributed by atoms with Gasteiger partial charge in [-0.25, -0.2) is 9.97 Å². The number of carbonyl (C=O) groups excluding carboxylic acids is 6. The molecule has 3 aliphatic heterocycles. The van der Waals surface area contributed by atoms with Gasteiger partial charge in [0.1, 0.15) is 17.6 Å². The molecule has 2 saturated heterocycles. The average molecular weight is 917 g/mol. The zero-order valence-corrected chi connectivity index (χ0v) is 36.8. The number of imide groups is 2. The number of H-pyrrole nitrogens is 1. The molecule has 6 amide bonds. The molecule has 20 nitrogen and oxygen atoms in total. The molecule has 3 aliphatic rings. The molecule has 350 valence electrons. The van der Waals surface area contributed by atoms with Gasteiger partial charge in [-0.2, -0.15) is 9.78 Å². The Kier molecular flexibility index (Phi) is 15.5. The number of aromatic nitrogens is 5. The molecule has 4 N–H and O–H groups in total. The van der Waals surface area contributed by atoms with E-state index in [1.54, 1.807) is 53.6 Å². The number of amides is 6. The smallest absolute Gasteiger partial charge is 0.275 e. The molecule has 4 aromatic heterocycles. The first-order chi connectivity index (χ1) is 32.8. The van der Waals surface area contributed by atoms with Gasteiger partial charge in [0, 0.05) is 61.5 Å². The van der Waals surface area contributed by atoms with Crippen molar-refractivity contribution in [1.82, 2.24) is 39.8 Å². The summed E-state index contributed by atoms with van der Waals surface area (Å²) in [6, 6.07) is 16.6. The van der Waals surface area contributed by atoms with E-state index in [2.05, 4.69) is 36.0 Å². The van der Waals surface area contributed by atoms with Crippen molar-refractivity contribution >= 4 is 46.9 Å². The fourth-order valence-corrected chi connectivity index (χ4v) is 8.25. The standard InChI is InChI=1S/C47H52N10O10/c58-40-11-10-38(45(61)53-40)56-46(62)33-5-3-7-36(42(33)47(56)63)49-18-22-65-24-26-67-28-27-66-25-23-64-21-15-41(59)55-19-13-31(14-20-55)34-30-51-57(39-9-1-2-16-50-39)43(34)54-44(60)37-8-4-6-35(52-37)32-12-17-48-29-32/h1-9,12,16-17,29-31,38,48-49H,10-11,13-15,18-28H2,(H,54,60)(H,53,58,61). The fraction of sp³-hybridized carbons (Fsp3) is 0.383. The van der Waals surface area contributed by atoms with Crippen molar-refractivity contribution in [2.75, 3.05) is 83.1 Å². The number of ether oxygens (including phenoxy) is 4. The third kappa shape index (κ3) is 11.3. The van der Waals surface area contributed by atoms with Gasteiger partial charge < -0.3 is 39.5 Å². The maximum Gasteiger partial charge on any atom is 0.275 e. The number of aromatic amines is 1. The van der Waals surface area contributed by atoms with Crippen LogP contribution in [-0.2, 0) is 33.3 Å².